The molecule has 4 rings (SSSR count). The molecule has 2 heterocycles. The summed E-state index contributed by atoms with van der Waals surface area (Å²) in [7, 11) is 0. The quantitative estimate of drug-likeness (QED) is 0.510. The first-order valence-corrected chi connectivity index (χ1v) is 9.58. The molecule has 2 aromatic carbocycles. The second-order valence-corrected chi connectivity index (χ2v) is 7.29. The minimum Gasteiger partial charge on any atom is -0.482 e. The van der Waals surface area contributed by atoms with Gasteiger partial charge in [-0.1, -0.05) is 40.9 Å². The molecule has 0 radical (unpaired) electrons. The Kier molecular flexibility index (Phi) is 5.43. The Labute approximate surface area is 180 Å². The van der Waals surface area contributed by atoms with Crippen LogP contribution in [0.25, 0.3) is 16.7 Å². The number of halogens is 2. The number of fused-ring (bicyclic) bond motifs is 1. The minimum atomic E-state index is -0.560. The fraction of sp³-hybridized carbons (Fsp3) is 0.100. The van der Waals surface area contributed by atoms with Crippen molar-refractivity contribution in [3.05, 3.63) is 81.0 Å². The van der Waals surface area contributed by atoms with Gasteiger partial charge in [-0.2, -0.15) is 5.10 Å². The first-order valence-electron chi connectivity index (χ1n) is 8.82. The van der Waals surface area contributed by atoms with Crippen LogP contribution in [0.1, 0.15) is 5.56 Å². The molecule has 0 saturated heterocycles. The van der Waals surface area contributed by atoms with Gasteiger partial charge in [0.2, 0.25) is 0 Å². The summed E-state index contributed by atoms with van der Waals surface area (Å²) in [5.41, 5.74) is 4.24. The van der Waals surface area contributed by atoms with Crippen molar-refractivity contribution in [2.24, 2.45) is 0 Å². The summed E-state index contributed by atoms with van der Waals surface area (Å²) in [5.74, 6) is -0.258. The Morgan fingerprint density at radius 2 is 1.93 bits per heavy atom. The van der Waals surface area contributed by atoms with Crippen molar-refractivity contribution in [1.82, 2.24) is 19.4 Å². The summed E-state index contributed by atoms with van der Waals surface area (Å²) in [6, 6.07) is 12.3. The van der Waals surface area contributed by atoms with Crippen LogP contribution in [0.5, 0.6) is 5.75 Å². The number of nitrogens with zero attached hydrogens (tertiary/aromatic N) is 4. The van der Waals surface area contributed by atoms with Gasteiger partial charge in [-0.3, -0.25) is 15.0 Å². The van der Waals surface area contributed by atoms with Crippen molar-refractivity contribution in [3.8, 4) is 11.4 Å². The summed E-state index contributed by atoms with van der Waals surface area (Å²) in [6.45, 7) is 1.63. The highest BCUT2D eigenvalue weighted by Crippen LogP contribution is 2.27. The molecule has 0 aliphatic rings. The van der Waals surface area contributed by atoms with Crippen LogP contribution in [0, 0.1) is 6.92 Å². The lowest BCUT2D eigenvalue weighted by Gasteiger charge is -2.10. The van der Waals surface area contributed by atoms with E-state index < -0.39 is 11.5 Å². The fourth-order valence-corrected chi connectivity index (χ4v) is 3.23. The summed E-state index contributed by atoms with van der Waals surface area (Å²) < 4.78 is 7.92. The number of aromatic nitrogens is 4. The van der Waals surface area contributed by atoms with Crippen molar-refractivity contribution < 1.29 is 9.53 Å². The van der Waals surface area contributed by atoms with Crippen molar-refractivity contribution in [3.63, 3.8) is 0 Å². The van der Waals surface area contributed by atoms with E-state index in [1.54, 1.807) is 16.8 Å². The second kappa shape index (κ2) is 8.17. The van der Waals surface area contributed by atoms with Crippen LogP contribution in [-0.4, -0.2) is 32.0 Å². The summed E-state index contributed by atoms with van der Waals surface area (Å²) in [5, 5.41) is 5.24. The lowest BCUT2D eigenvalue weighted by molar-refractivity contribution is -0.119. The third-order valence-electron chi connectivity index (χ3n) is 4.26. The molecule has 30 heavy (non-hydrogen) atoms. The van der Waals surface area contributed by atoms with Crippen LogP contribution in [0.2, 0.25) is 10.0 Å². The number of benzene rings is 2. The number of rotatable bonds is 5. The molecule has 0 aliphatic carbocycles. The number of nitrogens with one attached hydrogen (secondary N) is 1. The van der Waals surface area contributed by atoms with Gasteiger partial charge < -0.3 is 4.74 Å². The first kappa shape index (κ1) is 19.9. The Morgan fingerprint density at radius 3 is 2.67 bits per heavy atom. The zero-order chi connectivity index (χ0) is 21.3. The monoisotopic (exact) mass is 443 g/mol. The molecular formula is C20H15Cl2N5O3. The zero-order valence-corrected chi connectivity index (χ0v) is 17.2. The SMILES string of the molecule is Cc1ccc(-n2ncc3c(=O)n(NC(=O)COc4ccc(Cl)cc4Cl)cnc32)cc1. The van der Waals surface area contributed by atoms with E-state index in [-0.39, 0.29) is 17.0 Å². The van der Waals surface area contributed by atoms with Crippen LogP contribution in [0.15, 0.2) is 59.8 Å². The van der Waals surface area contributed by atoms with Crippen LogP contribution in [0.4, 0.5) is 0 Å². The lowest BCUT2D eigenvalue weighted by atomic mass is 10.2. The maximum absolute atomic E-state index is 12.7. The van der Waals surface area contributed by atoms with Gasteiger partial charge in [0.1, 0.15) is 17.5 Å². The molecule has 1 N–H and O–H groups in total. The van der Waals surface area contributed by atoms with Crippen molar-refractivity contribution in [2.45, 2.75) is 6.92 Å². The van der Waals surface area contributed by atoms with E-state index in [4.69, 9.17) is 27.9 Å². The molecule has 0 bridgehead atoms. The highest BCUT2D eigenvalue weighted by Gasteiger charge is 2.13. The Morgan fingerprint density at radius 1 is 1.17 bits per heavy atom. The van der Waals surface area contributed by atoms with Gasteiger partial charge in [0.05, 0.1) is 16.9 Å². The molecule has 0 fully saturated rings. The van der Waals surface area contributed by atoms with E-state index in [0.717, 1.165) is 15.9 Å². The van der Waals surface area contributed by atoms with E-state index in [9.17, 15) is 9.59 Å². The van der Waals surface area contributed by atoms with E-state index in [0.29, 0.717) is 16.4 Å². The van der Waals surface area contributed by atoms with Gasteiger partial charge in [0, 0.05) is 5.02 Å². The van der Waals surface area contributed by atoms with Crippen molar-refractivity contribution in [2.75, 3.05) is 12.0 Å². The number of carbonyl (C=O) groups excluding carboxylic acids is 1. The summed E-state index contributed by atoms with van der Waals surface area (Å²) in [4.78, 5) is 29.2. The van der Waals surface area contributed by atoms with Crippen molar-refractivity contribution >= 4 is 40.1 Å². The number of aryl methyl sites for hydroxylation is 1. The van der Waals surface area contributed by atoms with Gasteiger partial charge in [-0.05, 0) is 37.3 Å². The second-order valence-electron chi connectivity index (χ2n) is 6.45. The summed E-state index contributed by atoms with van der Waals surface area (Å²) in [6.07, 6.45) is 2.64. The highest BCUT2D eigenvalue weighted by atomic mass is 35.5. The molecule has 10 heteroatoms. The Hall–Kier alpha value is -3.36. The smallest absolute Gasteiger partial charge is 0.283 e. The van der Waals surface area contributed by atoms with E-state index in [2.05, 4.69) is 15.5 Å². The van der Waals surface area contributed by atoms with Crippen LogP contribution in [0.3, 0.4) is 0 Å². The van der Waals surface area contributed by atoms with Gasteiger partial charge >= 0.3 is 0 Å². The van der Waals surface area contributed by atoms with Gasteiger partial charge in [-0.25, -0.2) is 14.3 Å². The number of hydrogen-bond donors (Lipinski definition) is 1. The molecule has 0 unspecified atom stereocenters. The predicted molar refractivity (Wildman–Crippen MR) is 114 cm³/mol. The molecule has 0 spiro atoms. The molecular weight excluding hydrogens is 429 g/mol. The Bertz CT molecular complexity index is 1300. The average molecular weight is 444 g/mol. The van der Waals surface area contributed by atoms with Gasteiger partial charge in [0.25, 0.3) is 11.5 Å². The van der Waals surface area contributed by atoms with Gasteiger partial charge in [0.15, 0.2) is 12.3 Å². The molecule has 0 atom stereocenters. The van der Waals surface area contributed by atoms with E-state index in [1.807, 2.05) is 31.2 Å². The standard InChI is InChI=1S/C20H15Cl2N5O3/c1-12-2-5-14(6-3-12)27-19-15(9-24-27)20(29)26(11-23-19)25-18(28)10-30-17-7-4-13(21)8-16(17)22/h2-9,11H,10H2,1H3,(H,25,28). The third-order valence-corrected chi connectivity index (χ3v) is 4.80. The number of ether oxygens (including phenoxy) is 1. The molecule has 2 aromatic heterocycles. The molecule has 152 valence electrons. The normalized spacial score (nSPS) is 10.9. The molecule has 0 aliphatic heterocycles. The molecule has 1 amide bonds. The summed E-state index contributed by atoms with van der Waals surface area (Å²) >= 11 is 11.8. The maximum Gasteiger partial charge on any atom is 0.283 e. The average Bonchev–Trinajstić information content (AvgIpc) is 3.15. The van der Waals surface area contributed by atoms with E-state index in [1.165, 1.54) is 18.6 Å². The third kappa shape index (κ3) is 4.00. The number of amides is 1. The minimum absolute atomic E-state index is 0.264. The van der Waals surface area contributed by atoms with Crippen molar-refractivity contribution in [1.29, 1.82) is 0 Å². The maximum atomic E-state index is 12.7. The number of hydrogen-bond acceptors (Lipinski definition) is 5. The molecule has 0 saturated carbocycles. The zero-order valence-electron chi connectivity index (χ0n) is 15.7. The van der Waals surface area contributed by atoms with Crippen LogP contribution in [-0.2, 0) is 4.79 Å². The van der Waals surface area contributed by atoms with Crippen LogP contribution < -0.4 is 15.7 Å². The molecule has 4 aromatic rings. The highest BCUT2D eigenvalue weighted by molar-refractivity contribution is 6.35. The fourth-order valence-electron chi connectivity index (χ4n) is 2.77. The van der Waals surface area contributed by atoms with E-state index >= 15 is 0 Å². The predicted octanol–water partition coefficient (Wildman–Crippen LogP) is 3.35. The van der Waals surface area contributed by atoms with Gasteiger partial charge in [-0.15, -0.1) is 0 Å². The first-order chi connectivity index (χ1) is 14.4. The molecule has 8 nitrogen and oxygen atoms in total. The Balaban J connectivity index is 1.52. The largest absolute Gasteiger partial charge is 0.482 e. The van der Waals surface area contributed by atoms with Crippen LogP contribution >= 0.6 is 23.2 Å². The number of carbonyl (C=O) groups is 1. The lowest BCUT2D eigenvalue weighted by Crippen LogP contribution is -2.35. The topological polar surface area (TPSA) is 91.0 Å².